The first-order valence-electron chi connectivity index (χ1n) is 7.81. The van der Waals surface area contributed by atoms with Crippen LogP contribution in [-0.2, 0) is 0 Å². The van der Waals surface area contributed by atoms with Crippen LogP contribution in [0.3, 0.4) is 0 Å². The summed E-state index contributed by atoms with van der Waals surface area (Å²) in [5.41, 5.74) is 2.84. The van der Waals surface area contributed by atoms with E-state index in [-0.39, 0.29) is 0 Å². The molecule has 5 nitrogen and oxygen atoms in total. The van der Waals surface area contributed by atoms with Gasteiger partial charge in [0.1, 0.15) is 11.8 Å². The lowest BCUT2D eigenvalue weighted by atomic mass is 10.1. The molecule has 4 rings (SSSR count). The fraction of sp³-hybridized carbons (Fsp3) is 0.438. The topological polar surface area (TPSA) is 53.9 Å². The Hall–Kier alpha value is -1.66. The number of pyridine rings is 1. The molecule has 0 radical (unpaired) electrons. The van der Waals surface area contributed by atoms with Crippen LogP contribution in [0.5, 0.6) is 0 Å². The second kappa shape index (κ2) is 6.22. The molecule has 0 atom stereocenters. The van der Waals surface area contributed by atoms with Crippen LogP contribution >= 0.6 is 11.8 Å². The third-order valence-corrected chi connectivity index (χ3v) is 5.09. The zero-order valence-corrected chi connectivity index (χ0v) is 13.3. The van der Waals surface area contributed by atoms with E-state index in [0.29, 0.717) is 0 Å². The molecule has 2 fully saturated rings. The number of rotatable bonds is 2. The van der Waals surface area contributed by atoms with E-state index in [1.54, 1.807) is 6.33 Å². The predicted octanol–water partition coefficient (Wildman–Crippen LogP) is 2.65. The Morgan fingerprint density at radius 2 is 2.05 bits per heavy atom. The molecule has 0 saturated carbocycles. The Kier molecular flexibility index (Phi) is 3.95. The molecule has 2 aromatic rings. The monoisotopic (exact) mass is 313 g/mol. The quantitative estimate of drug-likeness (QED) is 0.920. The van der Waals surface area contributed by atoms with Gasteiger partial charge < -0.3 is 10.2 Å². The normalized spacial score (nSPS) is 20.9. The van der Waals surface area contributed by atoms with Gasteiger partial charge in [-0.1, -0.05) is 0 Å². The lowest BCUT2D eigenvalue weighted by molar-refractivity contribution is 0.574. The molecule has 1 N–H and O–H groups in total. The number of thioether (sulfide) groups is 1. The molecule has 0 aliphatic carbocycles. The number of nitrogens with zero attached hydrogens (tertiary/aromatic N) is 4. The van der Waals surface area contributed by atoms with Crippen molar-refractivity contribution in [3.8, 4) is 0 Å². The largest absolute Gasteiger partial charge is 0.355 e. The Morgan fingerprint density at radius 3 is 2.86 bits per heavy atom. The zero-order chi connectivity index (χ0) is 14.8. The van der Waals surface area contributed by atoms with Gasteiger partial charge in [-0.2, -0.15) is 0 Å². The lowest BCUT2D eigenvalue weighted by Gasteiger charge is -2.28. The number of aromatic nitrogens is 3. The average Bonchev–Trinajstić information content (AvgIpc) is 3.08. The number of hydrogen-bond donors (Lipinski definition) is 1. The van der Waals surface area contributed by atoms with Gasteiger partial charge in [0.15, 0.2) is 5.82 Å². The van der Waals surface area contributed by atoms with E-state index < -0.39 is 0 Å². The maximum absolute atomic E-state index is 4.83. The fourth-order valence-electron chi connectivity index (χ4n) is 2.99. The van der Waals surface area contributed by atoms with Crippen molar-refractivity contribution in [2.45, 2.75) is 19.3 Å². The van der Waals surface area contributed by atoms with Gasteiger partial charge in [-0.15, -0.1) is 11.8 Å². The first kappa shape index (κ1) is 14.0. The minimum atomic E-state index is 0.926. The van der Waals surface area contributed by atoms with Gasteiger partial charge in [-0.3, -0.25) is 0 Å². The van der Waals surface area contributed by atoms with Crippen LogP contribution < -0.4 is 10.2 Å². The fourth-order valence-corrected chi connectivity index (χ4v) is 3.78. The number of fused-ring (bicyclic) bond motifs is 1. The zero-order valence-electron chi connectivity index (χ0n) is 12.5. The third kappa shape index (κ3) is 2.80. The molecule has 0 amide bonds. The van der Waals surface area contributed by atoms with E-state index in [2.05, 4.69) is 32.3 Å². The van der Waals surface area contributed by atoms with Crippen LogP contribution in [0, 0.1) is 0 Å². The molecule has 0 unspecified atom stereocenters. The second-order valence-electron chi connectivity index (χ2n) is 5.67. The molecule has 114 valence electrons. The van der Waals surface area contributed by atoms with Gasteiger partial charge in [0.05, 0.1) is 11.2 Å². The third-order valence-electron chi connectivity index (χ3n) is 4.11. The van der Waals surface area contributed by atoms with Crippen LogP contribution in [0.25, 0.3) is 17.1 Å². The summed E-state index contributed by atoms with van der Waals surface area (Å²) in [4.78, 5) is 17.4. The molecule has 4 heterocycles. The summed E-state index contributed by atoms with van der Waals surface area (Å²) in [6.07, 6.45) is 7.60. The summed E-state index contributed by atoms with van der Waals surface area (Å²) in [7, 11) is 0. The number of hydrogen-bond acceptors (Lipinski definition) is 6. The molecule has 0 bridgehead atoms. The predicted molar refractivity (Wildman–Crippen MR) is 91.8 cm³/mol. The summed E-state index contributed by atoms with van der Waals surface area (Å²) < 4.78 is 0. The standard InChI is InChI=1S/C16H19N5S/c1-2-6-21(7-3-1)16-15-14(18-10-19-16)5-4-12(20-15)8-13-9-17-11-22-13/h4-5,8,10,17H,1-3,6-7,9,11H2/b13-8-. The molecule has 0 aromatic carbocycles. The number of nitrogens with one attached hydrogen (secondary N) is 1. The Bertz CT molecular complexity index is 701. The van der Waals surface area contributed by atoms with E-state index in [4.69, 9.17) is 4.98 Å². The van der Waals surface area contributed by atoms with Crippen molar-refractivity contribution < 1.29 is 0 Å². The summed E-state index contributed by atoms with van der Waals surface area (Å²) in [6, 6.07) is 4.10. The van der Waals surface area contributed by atoms with Crippen molar-refractivity contribution in [2.75, 3.05) is 30.4 Å². The first-order chi connectivity index (χ1) is 10.9. The van der Waals surface area contributed by atoms with Crippen molar-refractivity contribution >= 4 is 34.7 Å². The minimum absolute atomic E-state index is 0.926. The van der Waals surface area contributed by atoms with Gasteiger partial charge >= 0.3 is 0 Å². The number of piperidine rings is 1. The van der Waals surface area contributed by atoms with Gasteiger partial charge in [0, 0.05) is 30.4 Å². The van der Waals surface area contributed by atoms with E-state index in [0.717, 1.165) is 48.1 Å². The Labute approximate surface area is 134 Å². The highest BCUT2D eigenvalue weighted by Crippen LogP contribution is 2.26. The average molecular weight is 313 g/mol. The van der Waals surface area contributed by atoms with Gasteiger partial charge in [0.25, 0.3) is 0 Å². The van der Waals surface area contributed by atoms with Crippen molar-refractivity contribution in [3.05, 3.63) is 29.1 Å². The molecule has 2 aliphatic heterocycles. The highest BCUT2D eigenvalue weighted by molar-refractivity contribution is 8.03. The second-order valence-corrected chi connectivity index (χ2v) is 6.78. The minimum Gasteiger partial charge on any atom is -0.355 e. The Morgan fingerprint density at radius 1 is 1.14 bits per heavy atom. The van der Waals surface area contributed by atoms with Crippen molar-refractivity contribution in [1.82, 2.24) is 20.3 Å². The van der Waals surface area contributed by atoms with E-state index in [1.165, 1.54) is 24.2 Å². The maximum atomic E-state index is 4.83. The molecule has 2 saturated heterocycles. The molecule has 2 aliphatic rings. The summed E-state index contributed by atoms with van der Waals surface area (Å²) in [5, 5.41) is 3.33. The first-order valence-corrected chi connectivity index (χ1v) is 8.79. The van der Waals surface area contributed by atoms with E-state index >= 15 is 0 Å². The van der Waals surface area contributed by atoms with Crippen LogP contribution in [0.1, 0.15) is 25.0 Å². The van der Waals surface area contributed by atoms with Gasteiger partial charge in [-0.25, -0.2) is 15.0 Å². The number of anilines is 1. The van der Waals surface area contributed by atoms with E-state index in [9.17, 15) is 0 Å². The van der Waals surface area contributed by atoms with Crippen LogP contribution in [0.15, 0.2) is 23.4 Å². The summed E-state index contributed by atoms with van der Waals surface area (Å²) >= 11 is 1.84. The molecular weight excluding hydrogens is 294 g/mol. The molecule has 2 aromatic heterocycles. The van der Waals surface area contributed by atoms with Crippen LogP contribution in [0.2, 0.25) is 0 Å². The molecular formula is C16H19N5S. The van der Waals surface area contributed by atoms with Crippen LogP contribution in [0.4, 0.5) is 5.82 Å². The van der Waals surface area contributed by atoms with Crippen LogP contribution in [-0.4, -0.2) is 40.5 Å². The molecule has 0 spiro atoms. The maximum Gasteiger partial charge on any atom is 0.158 e. The van der Waals surface area contributed by atoms with Crippen molar-refractivity contribution in [1.29, 1.82) is 0 Å². The highest BCUT2D eigenvalue weighted by Gasteiger charge is 2.16. The van der Waals surface area contributed by atoms with E-state index in [1.807, 2.05) is 17.8 Å². The van der Waals surface area contributed by atoms with Gasteiger partial charge in [0.2, 0.25) is 0 Å². The molecule has 6 heteroatoms. The summed E-state index contributed by atoms with van der Waals surface area (Å²) in [5.74, 6) is 1.98. The molecule has 22 heavy (non-hydrogen) atoms. The van der Waals surface area contributed by atoms with Gasteiger partial charge in [-0.05, 0) is 37.5 Å². The highest BCUT2D eigenvalue weighted by atomic mass is 32.2. The Balaban J connectivity index is 1.74. The van der Waals surface area contributed by atoms with Crippen molar-refractivity contribution in [3.63, 3.8) is 0 Å². The smallest absolute Gasteiger partial charge is 0.158 e. The lowest BCUT2D eigenvalue weighted by Crippen LogP contribution is -2.30. The SMILES string of the molecule is C(=C1\CNCS1)/c1ccc2ncnc(N3CCCCC3)c2n1. The summed E-state index contributed by atoms with van der Waals surface area (Å²) in [6.45, 7) is 3.08. The van der Waals surface area contributed by atoms with Crippen molar-refractivity contribution in [2.24, 2.45) is 0 Å².